The van der Waals surface area contributed by atoms with Gasteiger partial charge in [-0.2, -0.15) is 0 Å². The van der Waals surface area contributed by atoms with Crippen LogP contribution in [0.2, 0.25) is 0 Å². The number of aromatic nitrogens is 1. The molecule has 1 aromatic carbocycles. The maximum atomic E-state index is 11.0. The molecule has 0 radical (unpaired) electrons. The van der Waals surface area contributed by atoms with E-state index in [4.69, 9.17) is 14.6 Å². The predicted molar refractivity (Wildman–Crippen MR) is 81.3 cm³/mol. The fraction of sp³-hybridized carbons (Fsp3) is 0.438. The summed E-state index contributed by atoms with van der Waals surface area (Å²) in [6.45, 7) is 3.00. The number of hydrogen-bond donors (Lipinski definition) is 1. The molecule has 0 aliphatic heterocycles. The van der Waals surface area contributed by atoms with E-state index in [1.165, 1.54) is 0 Å². The minimum absolute atomic E-state index is 0.00507. The zero-order chi connectivity index (χ0) is 15.4. The lowest BCUT2D eigenvalue weighted by molar-refractivity contribution is -0.136. The Bertz CT molecular complexity index is 645. The van der Waals surface area contributed by atoms with Crippen LogP contribution in [-0.4, -0.2) is 29.9 Å². The monoisotopic (exact) mass is 291 g/mol. The first-order chi connectivity index (χ1) is 10.1. The van der Waals surface area contributed by atoms with Gasteiger partial charge in [0.1, 0.15) is 0 Å². The van der Waals surface area contributed by atoms with Gasteiger partial charge in [0.2, 0.25) is 0 Å². The van der Waals surface area contributed by atoms with Crippen LogP contribution in [0.25, 0.3) is 10.9 Å². The molecule has 0 saturated heterocycles. The molecule has 0 atom stereocenters. The standard InChI is InChI=1S/C16H21NO4/c1-4-5-6-17-10-11(7-16(18)19)12-8-14(20-2)15(21-3)9-13(12)17/h8-10H,4-7H2,1-3H3,(H,18,19). The van der Waals surface area contributed by atoms with Gasteiger partial charge in [-0.1, -0.05) is 13.3 Å². The van der Waals surface area contributed by atoms with E-state index >= 15 is 0 Å². The summed E-state index contributed by atoms with van der Waals surface area (Å²) in [5.41, 5.74) is 1.78. The van der Waals surface area contributed by atoms with Gasteiger partial charge >= 0.3 is 5.97 Å². The molecule has 0 unspecified atom stereocenters. The Morgan fingerprint density at radius 1 is 1.24 bits per heavy atom. The van der Waals surface area contributed by atoms with Crippen molar-refractivity contribution in [3.8, 4) is 11.5 Å². The molecular formula is C16H21NO4. The summed E-state index contributed by atoms with van der Waals surface area (Å²) >= 11 is 0. The van der Waals surface area contributed by atoms with Crippen LogP contribution in [-0.2, 0) is 17.8 Å². The number of unbranched alkanes of at least 4 members (excludes halogenated alkanes) is 1. The summed E-state index contributed by atoms with van der Waals surface area (Å²) in [4.78, 5) is 11.0. The lowest BCUT2D eigenvalue weighted by atomic mass is 10.1. The van der Waals surface area contributed by atoms with Gasteiger partial charge in [0, 0.05) is 24.2 Å². The Morgan fingerprint density at radius 2 is 1.90 bits per heavy atom. The fourth-order valence-corrected chi connectivity index (χ4v) is 2.51. The van der Waals surface area contributed by atoms with Gasteiger partial charge in [-0.25, -0.2) is 0 Å². The predicted octanol–water partition coefficient (Wildman–Crippen LogP) is 3.09. The molecular weight excluding hydrogens is 270 g/mol. The molecule has 1 aromatic heterocycles. The van der Waals surface area contributed by atoms with Crippen LogP contribution < -0.4 is 9.47 Å². The van der Waals surface area contributed by atoms with E-state index in [0.29, 0.717) is 11.5 Å². The van der Waals surface area contributed by atoms with Crippen molar-refractivity contribution in [3.05, 3.63) is 23.9 Å². The number of carboxylic acid groups (broad SMARTS) is 1. The Labute approximate surface area is 124 Å². The van der Waals surface area contributed by atoms with Gasteiger partial charge in [-0.15, -0.1) is 0 Å². The van der Waals surface area contributed by atoms with E-state index in [0.717, 1.165) is 35.9 Å². The molecule has 21 heavy (non-hydrogen) atoms. The number of ether oxygens (including phenoxy) is 2. The summed E-state index contributed by atoms with van der Waals surface area (Å²) < 4.78 is 12.7. The van der Waals surface area contributed by atoms with Crippen molar-refractivity contribution < 1.29 is 19.4 Å². The molecule has 1 N–H and O–H groups in total. The molecule has 114 valence electrons. The minimum Gasteiger partial charge on any atom is -0.493 e. The van der Waals surface area contributed by atoms with Gasteiger partial charge in [0.05, 0.1) is 26.2 Å². The fourth-order valence-electron chi connectivity index (χ4n) is 2.51. The highest BCUT2D eigenvalue weighted by Gasteiger charge is 2.15. The van der Waals surface area contributed by atoms with Gasteiger partial charge < -0.3 is 19.1 Å². The number of carboxylic acids is 1. The molecule has 2 rings (SSSR count). The molecule has 0 amide bonds. The number of aliphatic carboxylic acids is 1. The molecule has 0 bridgehead atoms. The molecule has 5 nitrogen and oxygen atoms in total. The van der Waals surface area contributed by atoms with Crippen LogP contribution in [0.4, 0.5) is 0 Å². The third-order valence-corrected chi connectivity index (χ3v) is 3.56. The Hall–Kier alpha value is -2.17. The summed E-state index contributed by atoms with van der Waals surface area (Å²) in [5, 5.41) is 9.98. The summed E-state index contributed by atoms with van der Waals surface area (Å²) in [5.74, 6) is 0.437. The van der Waals surface area contributed by atoms with Crippen molar-refractivity contribution in [3.63, 3.8) is 0 Å². The van der Waals surface area contributed by atoms with Crippen LogP contribution in [0.1, 0.15) is 25.3 Å². The Morgan fingerprint density at radius 3 is 2.48 bits per heavy atom. The first-order valence-electron chi connectivity index (χ1n) is 7.06. The molecule has 2 aromatic rings. The number of rotatable bonds is 7. The minimum atomic E-state index is -0.834. The third kappa shape index (κ3) is 3.12. The maximum absolute atomic E-state index is 11.0. The number of nitrogens with zero attached hydrogens (tertiary/aromatic N) is 1. The molecule has 0 aliphatic carbocycles. The van der Waals surface area contributed by atoms with Crippen molar-refractivity contribution in [1.82, 2.24) is 4.57 Å². The number of hydrogen-bond acceptors (Lipinski definition) is 3. The second-order valence-corrected chi connectivity index (χ2v) is 5.00. The summed E-state index contributed by atoms with van der Waals surface area (Å²) in [7, 11) is 3.18. The number of methoxy groups -OCH3 is 2. The zero-order valence-corrected chi connectivity index (χ0v) is 12.7. The molecule has 0 fully saturated rings. The van der Waals surface area contributed by atoms with E-state index in [-0.39, 0.29) is 6.42 Å². The molecule has 0 spiro atoms. The lowest BCUT2D eigenvalue weighted by Crippen LogP contribution is -1.99. The molecule has 5 heteroatoms. The topological polar surface area (TPSA) is 60.7 Å². The lowest BCUT2D eigenvalue weighted by Gasteiger charge is -2.10. The summed E-state index contributed by atoms with van der Waals surface area (Å²) in [6.07, 6.45) is 4.06. The van der Waals surface area contributed by atoms with Gasteiger partial charge in [0.25, 0.3) is 0 Å². The van der Waals surface area contributed by atoms with E-state index in [1.54, 1.807) is 14.2 Å². The maximum Gasteiger partial charge on any atom is 0.307 e. The quantitative estimate of drug-likeness (QED) is 0.851. The first kappa shape index (κ1) is 15.2. The highest BCUT2D eigenvalue weighted by atomic mass is 16.5. The first-order valence-corrected chi connectivity index (χ1v) is 7.06. The van der Waals surface area contributed by atoms with Crippen molar-refractivity contribution in [2.75, 3.05) is 14.2 Å². The average Bonchev–Trinajstić information content (AvgIpc) is 2.80. The number of aryl methyl sites for hydroxylation is 1. The molecule has 0 saturated carbocycles. The summed E-state index contributed by atoms with van der Waals surface area (Å²) in [6, 6.07) is 3.77. The van der Waals surface area contributed by atoms with Crippen LogP contribution in [0.3, 0.4) is 0 Å². The zero-order valence-electron chi connectivity index (χ0n) is 12.7. The normalized spacial score (nSPS) is 10.8. The largest absolute Gasteiger partial charge is 0.493 e. The van der Waals surface area contributed by atoms with Crippen LogP contribution in [0.5, 0.6) is 11.5 Å². The third-order valence-electron chi connectivity index (χ3n) is 3.56. The Balaban J connectivity index is 2.59. The van der Waals surface area contributed by atoms with E-state index in [2.05, 4.69) is 11.5 Å². The van der Waals surface area contributed by atoms with Crippen molar-refractivity contribution >= 4 is 16.9 Å². The second kappa shape index (κ2) is 6.52. The highest BCUT2D eigenvalue weighted by Crippen LogP contribution is 2.35. The average molecular weight is 291 g/mol. The van der Waals surface area contributed by atoms with Crippen LogP contribution >= 0.6 is 0 Å². The number of carbonyl (C=O) groups is 1. The number of fused-ring (bicyclic) bond motifs is 1. The second-order valence-electron chi connectivity index (χ2n) is 5.00. The SMILES string of the molecule is CCCCn1cc(CC(=O)O)c2cc(OC)c(OC)cc21. The van der Waals surface area contributed by atoms with E-state index < -0.39 is 5.97 Å². The highest BCUT2D eigenvalue weighted by molar-refractivity contribution is 5.90. The van der Waals surface area contributed by atoms with E-state index in [1.807, 2.05) is 18.3 Å². The van der Waals surface area contributed by atoms with E-state index in [9.17, 15) is 4.79 Å². The van der Waals surface area contributed by atoms with Crippen LogP contribution in [0, 0.1) is 0 Å². The van der Waals surface area contributed by atoms with Crippen molar-refractivity contribution in [2.24, 2.45) is 0 Å². The Kier molecular flexibility index (Phi) is 4.73. The van der Waals surface area contributed by atoms with Gasteiger partial charge in [-0.05, 0) is 18.1 Å². The van der Waals surface area contributed by atoms with Crippen molar-refractivity contribution in [2.45, 2.75) is 32.7 Å². The molecule has 0 aliphatic rings. The molecule has 1 heterocycles. The smallest absolute Gasteiger partial charge is 0.307 e. The van der Waals surface area contributed by atoms with Gasteiger partial charge in [0.15, 0.2) is 11.5 Å². The van der Waals surface area contributed by atoms with Gasteiger partial charge in [-0.3, -0.25) is 4.79 Å². The van der Waals surface area contributed by atoms with Crippen LogP contribution in [0.15, 0.2) is 18.3 Å². The number of benzene rings is 1. The van der Waals surface area contributed by atoms with Crippen molar-refractivity contribution in [1.29, 1.82) is 0 Å².